The maximum Gasteiger partial charge on any atom is 0.191 e. The number of guanidine groups is 1. The Morgan fingerprint density at radius 2 is 2.10 bits per heavy atom. The van der Waals surface area contributed by atoms with E-state index in [0.29, 0.717) is 13.1 Å². The zero-order valence-corrected chi connectivity index (χ0v) is 20.2. The van der Waals surface area contributed by atoms with E-state index in [1.54, 1.807) is 0 Å². The predicted octanol–water partition coefficient (Wildman–Crippen LogP) is 3.58. The van der Waals surface area contributed by atoms with Crippen molar-refractivity contribution in [2.75, 3.05) is 6.54 Å². The lowest BCUT2D eigenvalue weighted by molar-refractivity contribution is 0.215. The maximum atomic E-state index is 6.11. The molecule has 1 aliphatic rings. The van der Waals surface area contributed by atoms with Crippen molar-refractivity contribution in [2.45, 2.75) is 72.7 Å². The summed E-state index contributed by atoms with van der Waals surface area (Å²) >= 11 is 0. The van der Waals surface area contributed by atoms with Crippen LogP contribution in [0.25, 0.3) is 0 Å². The number of fused-ring (bicyclic) bond motifs is 1. The molecule has 0 radical (unpaired) electrons. The van der Waals surface area contributed by atoms with Crippen LogP contribution in [0.3, 0.4) is 0 Å². The zero-order chi connectivity index (χ0) is 19.9. The van der Waals surface area contributed by atoms with E-state index in [9.17, 15) is 0 Å². The number of aryl methyl sites for hydroxylation is 2. The molecular formula is C21H33IN6O. The number of hydrogen-bond donors (Lipinski definition) is 2. The average molecular weight is 512 g/mol. The number of benzene rings is 1. The minimum absolute atomic E-state index is 0. The molecule has 1 atom stereocenters. The molecule has 0 fully saturated rings. The summed E-state index contributed by atoms with van der Waals surface area (Å²) in [5, 5.41) is 15.3. The number of rotatable bonds is 8. The Morgan fingerprint density at radius 3 is 2.86 bits per heavy atom. The number of aromatic nitrogens is 3. The molecule has 160 valence electrons. The van der Waals surface area contributed by atoms with Gasteiger partial charge in [0.05, 0.1) is 19.2 Å². The molecule has 7 nitrogen and oxygen atoms in total. The van der Waals surface area contributed by atoms with Crippen LogP contribution < -0.4 is 15.4 Å². The standard InChI is InChI=1S/C21H32N6O.HI/c1-5-16(4)28-18-12-15(3)9-10-17(18)13-23-21(22-6-2)24-14-20-26-25-19-8-7-11-27(19)20;/h9-10,12,16H,5-8,11,13-14H2,1-4H3,(H2,22,23,24);1H. The van der Waals surface area contributed by atoms with Crippen molar-refractivity contribution in [3.05, 3.63) is 41.0 Å². The lowest BCUT2D eigenvalue weighted by Gasteiger charge is -2.17. The number of nitrogens with one attached hydrogen (secondary N) is 2. The Kier molecular flexibility index (Phi) is 9.19. The van der Waals surface area contributed by atoms with Gasteiger partial charge in [0.1, 0.15) is 11.6 Å². The third-order valence-corrected chi connectivity index (χ3v) is 4.98. The molecule has 1 aliphatic heterocycles. The molecule has 0 amide bonds. The van der Waals surface area contributed by atoms with E-state index in [1.165, 1.54) is 5.56 Å². The summed E-state index contributed by atoms with van der Waals surface area (Å²) < 4.78 is 8.31. The molecule has 3 rings (SSSR count). The van der Waals surface area contributed by atoms with Crippen molar-refractivity contribution in [3.8, 4) is 5.75 Å². The molecule has 2 heterocycles. The van der Waals surface area contributed by atoms with Crippen molar-refractivity contribution >= 4 is 29.9 Å². The second-order valence-electron chi connectivity index (χ2n) is 7.28. The Hall–Kier alpha value is -1.84. The van der Waals surface area contributed by atoms with Crippen LogP contribution in [0.4, 0.5) is 0 Å². The van der Waals surface area contributed by atoms with E-state index in [0.717, 1.165) is 61.3 Å². The Labute approximate surface area is 190 Å². The molecule has 0 bridgehead atoms. The van der Waals surface area contributed by atoms with Crippen molar-refractivity contribution in [2.24, 2.45) is 4.99 Å². The quantitative estimate of drug-likeness (QED) is 0.321. The minimum atomic E-state index is 0. The number of hydrogen-bond acceptors (Lipinski definition) is 4. The van der Waals surface area contributed by atoms with Gasteiger partial charge < -0.3 is 19.9 Å². The second kappa shape index (κ2) is 11.4. The van der Waals surface area contributed by atoms with Gasteiger partial charge in [-0.25, -0.2) is 4.99 Å². The van der Waals surface area contributed by atoms with Crippen molar-refractivity contribution in [3.63, 3.8) is 0 Å². The van der Waals surface area contributed by atoms with Gasteiger partial charge in [0.15, 0.2) is 11.8 Å². The first-order chi connectivity index (χ1) is 13.6. The largest absolute Gasteiger partial charge is 0.490 e. The van der Waals surface area contributed by atoms with E-state index in [-0.39, 0.29) is 30.1 Å². The highest BCUT2D eigenvalue weighted by Crippen LogP contribution is 2.23. The SMILES string of the molecule is CCNC(=NCc1ccc(C)cc1OC(C)CC)NCc1nnc2n1CCC2.I. The highest BCUT2D eigenvalue weighted by Gasteiger charge is 2.17. The first kappa shape index (κ1) is 23.4. The fraction of sp³-hybridized carbons (Fsp3) is 0.571. The van der Waals surface area contributed by atoms with Gasteiger partial charge in [0, 0.05) is 25.1 Å². The third kappa shape index (κ3) is 6.32. The molecule has 1 aromatic carbocycles. The lowest BCUT2D eigenvalue weighted by atomic mass is 10.1. The normalized spacial score (nSPS) is 14.1. The minimum Gasteiger partial charge on any atom is -0.490 e. The third-order valence-electron chi connectivity index (χ3n) is 4.98. The molecule has 0 saturated heterocycles. The summed E-state index contributed by atoms with van der Waals surface area (Å²) in [6.45, 7) is 11.3. The van der Waals surface area contributed by atoms with E-state index in [2.05, 4.69) is 71.3 Å². The van der Waals surface area contributed by atoms with Gasteiger partial charge >= 0.3 is 0 Å². The molecule has 29 heavy (non-hydrogen) atoms. The van der Waals surface area contributed by atoms with Crippen LogP contribution in [0.5, 0.6) is 5.75 Å². The van der Waals surface area contributed by atoms with Gasteiger partial charge in [0.25, 0.3) is 0 Å². The highest BCUT2D eigenvalue weighted by molar-refractivity contribution is 14.0. The van der Waals surface area contributed by atoms with Crippen LogP contribution in [-0.2, 0) is 26.1 Å². The smallest absolute Gasteiger partial charge is 0.191 e. The molecular weight excluding hydrogens is 479 g/mol. The van der Waals surface area contributed by atoms with Gasteiger partial charge in [-0.15, -0.1) is 34.2 Å². The van der Waals surface area contributed by atoms with Crippen molar-refractivity contribution < 1.29 is 4.74 Å². The van der Waals surface area contributed by atoms with Crippen LogP contribution in [0.2, 0.25) is 0 Å². The Balaban J connectivity index is 0.00000300. The zero-order valence-electron chi connectivity index (χ0n) is 17.9. The summed E-state index contributed by atoms with van der Waals surface area (Å²) in [5.74, 6) is 3.75. The number of ether oxygens (including phenoxy) is 1. The molecule has 1 unspecified atom stereocenters. The maximum absolute atomic E-state index is 6.11. The fourth-order valence-corrected chi connectivity index (χ4v) is 3.21. The van der Waals surface area contributed by atoms with Crippen LogP contribution in [0, 0.1) is 6.92 Å². The predicted molar refractivity (Wildman–Crippen MR) is 127 cm³/mol. The van der Waals surface area contributed by atoms with Crippen LogP contribution in [0.15, 0.2) is 23.2 Å². The number of aliphatic imine (C=N–C) groups is 1. The fourth-order valence-electron chi connectivity index (χ4n) is 3.21. The first-order valence-electron chi connectivity index (χ1n) is 10.3. The lowest BCUT2D eigenvalue weighted by Crippen LogP contribution is -2.37. The number of halogens is 1. The van der Waals surface area contributed by atoms with Gasteiger partial charge in [-0.3, -0.25) is 0 Å². The molecule has 2 aromatic rings. The van der Waals surface area contributed by atoms with Gasteiger partial charge in [0.2, 0.25) is 0 Å². The molecule has 8 heteroatoms. The summed E-state index contributed by atoms with van der Waals surface area (Å²) in [7, 11) is 0. The van der Waals surface area contributed by atoms with Crippen LogP contribution in [0.1, 0.15) is 56.4 Å². The summed E-state index contributed by atoms with van der Waals surface area (Å²) in [5.41, 5.74) is 2.28. The van der Waals surface area contributed by atoms with Gasteiger partial charge in [-0.05, 0) is 45.2 Å². The summed E-state index contributed by atoms with van der Waals surface area (Å²) in [4.78, 5) is 4.76. The number of nitrogens with zero attached hydrogens (tertiary/aromatic N) is 4. The topological polar surface area (TPSA) is 76.4 Å². The highest BCUT2D eigenvalue weighted by atomic mass is 127. The van der Waals surface area contributed by atoms with Gasteiger partial charge in [-0.2, -0.15) is 0 Å². The molecule has 0 saturated carbocycles. The molecule has 2 N–H and O–H groups in total. The Morgan fingerprint density at radius 1 is 1.28 bits per heavy atom. The molecule has 0 spiro atoms. The summed E-state index contributed by atoms with van der Waals surface area (Å²) in [6.07, 6.45) is 3.33. The average Bonchev–Trinajstić information content (AvgIpc) is 3.29. The van der Waals surface area contributed by atoms with Crippen LogP contribution >= 0.6 is 24.0 Å². The first-order valence-corrected chi connectivity index (χ1v) is 10.3. The van der Waals surface area contributed by atoms with E-state index in [1.807, 2.05) is 0 Å². The van der Waals surface area contributed by atoms with Gasteiger partial charge in [-0.1, -0.05) is 19.1 Å². The molecule has 1 aromatic heterocycles. The van der Waals surface area contributed by atoms with E-state index in [4.69, 9.17) is 9.73 Å². The molecule has 0 aliphatic carbocycles. The van der Waals surface area contributed by atoms with Crippen LogP contribution in [-0.4, -0.2) is 33.4 Å². The summed E-state index contributed by atoms with van der Waals surface area (Å²) in [6, 6.07) is 6.30. The Bertz CT molecular complexity index is 819. The van der Waals surface area contributed by atoms with Crippen molar-refractivity contribution in [1.82, 2.24) is 25.4 Å². The van der Waals surface area contributed by atoms with E-state index >= 15 is 0 Å². The van der Waals surface area contributed by atoms with Crippen molar-refractivity contribution in [1.29, 1.82) is 0 Å². The second-order valence-corrected chi connectivity index (χ2v) is 7.28. The van der Waals surface area contributed by atoms with E-state index < -0.39 is 0 Å². The monoisotopic (exact) mass is 512 g/mol.